The molecule has 3 aromatic rings. The summed E-state index contributed by atoms with van der Waals surface area (Å²) in [5, 5.41) is 4.15. The molecule has 3 rings (SSSR count). The maximum absolute atomic E-state index is 12.7. The highest BCUT2D eigenvalue weighted by Gasteiger charge is 2.20. The number of carbonyl (C=O) groups is 1. The number of thioether (sulfide) groups is 1. The molecule has 0 spiro atoms. The molecule has 0 aliphatic rings. The van der Waals surface area contributed by atoms with Crippen LogP contribution in [0, 0.1) is 20.8 Å². The Morgan fingerprint density at radius 1 is 1.03 bits per heavy atom. The Morgan fingerprint density at radius 2 is 1.74 bits per heavy atom. The van der Waals surface area contributed by atoms with Crippen molar-refractivity contribution >= 4 is 44.3 Å². The number of hydrogen-bond acceptors (Lipinski definition) is 5. The highest BCUT2D eigenvalue weighted by Crippen LogP contribution is 2.29. The van der Waals surface area contributed by atoms with Crippen molar-refractivity contribution in [1.29, 1.82) is 0 Å². The first-order valence-corrected chi connectivity index (χ1v) is 12.2. The van der Waals surface area contributed by atoms with Gasteiger partial charge in [0.15, 0.2) is 0 Å². The van der Waals surface area contributed by atoms with Crippen LogP contribution in [0.25, 0.3) is 10.9 Å². The molecule has 0 aliphatic heterocycles. The number of nitrogens with zero attached hydrogens (tertiary/aromatic N) is 2. The van der Waals surface area contributed by atoms with Crippen molar-refractivity contribution in [3.63, 3.8) is 0 Å². The molecule has 0 radical (unpaired) electrons. The maximum Gasteiger partial charge on any atom is 0.242 e. The zero-order valence-corrected chi connectivity index (χ0v) is 20.2. The molecule has 1 N–H and O–H groups in total. The van der Waals surface area contributed by atoms with E-state index >= 15 is 0 Å². The van der Waals surface area contributed by atoms with Crippen LogP contribution in [0.1, 0.15) is 23.6 Å². The van der Waals surface area contributed by atoms with Crippen LogP contribution in [-0.2, 0) is 14.8 Å². The number of aryl methyl sites for hydroxylation is 3. The molecule has 6 nitrogen and oxygen atoms in total. The summed E-state index contributed by atoms with van der Waals surface area (Å²) in [6.45, 7) is 7.72. The summed E-state index contributed by atoms with van der Waals surface area (Å²) >= 11 is 1.37. The van der Waals surface area contributed by atoms with Crippen LogP contribution >= 0.6 is 11.8 Å². The smallest absolute Gasteiger partial charge is 0.242 e. The SMILES string of the molecule is Cc1ccc(C)c(NC(=O)C(C)Sc2cc(C)c3cc(S(=O)(=O)N(C)C)ccc3n2)c1. The van der Waals surface area contributed by atoms with Crippen molar-refractivity contribution in [3.8, 4) is 0 Å². The Labute approximate surface area is 188 Å². The normalized spacial score (nSPS) is 12.9. The minimum absolute atomic E-state index is 0.0920. The molecular formula is C23H27N3O3S2. The summed E-state index contributed by atoms with van der Waals surface area (Å²) < 4.78 is 26.0. The fourth-order valence-electron chi connectivity index (χ4n) is 3.11. The highest BCUT2D eigenvalue weighted by molar-refractivity contribution is 8.00. The first-order chi connectivity index (χ1) is 14.5. The molecule has 0 saturated carbocycles. The topological polar surface area (TPSA) is 79.4 Å². The second-order valence-electron chi connectivity index (χ2n) is 7.81. The van der Waals surface area contributed by atoms with Gasteiger partial charge in [0.1, 0.15) is 0 Å². The molecule has 31 heavy (non-hydrogen) atoms. The molecular weight excluding hydrogens is 430 g/mol. The van der Waals surface area contributed by atoms with Gasteiger partial charge in [-0.2, -0.15) is 0 Å². The van der Waals surface area contributed by atoms with Gasteiger partial charge in [-0.15, -0.1) is 0 Å². The molecule has 1 unspecified atom stereocenters. The van der Waals surface area contributed by atoms with Crippen LogP contribution in [0.3, 0.4) is 0 Å². The van der Waals surface area contributed by atoms with E-state index < -0.39 is 10.0 Å². The zero-order valence-electron chi connectivity index (χ0n) is 18.6. The van der Waals surface area contributed by atoms with Gasteiger partial charge in [-0.05, 0) is 74.7 Å². The minimum atomic E-state index is -3.51. The minimum Gasteiger partial charge on any atom is -0.325 e. The van der Waals surface area contributed by atoms with Gasteiger partial charge in [0.2, 0.25) is 15.9 Å². The lowest BCUT2D eigenvalue weighted by atomic mass is 10.1. The van der Waals surface area contributed by atoms with Gasteiger partial charge in [-0.1, -0.05) is 23.9 Å². The van der Waals surface area contributed by atoms with Gasteiger partial charge in [-0.25, -0.2) is 17.7 Å². The van der Waals surface area contributed by atoms with E-state index in [1.54, 1.807) is 18.2 Å². The number of benzene rings is 2. The molecule has 0 fully saturated rings. The molecule has 8 heteroatoms. The number of aromatic nitrogens is 1. The standard InChI is InChI=1S/C23H27N3O3S2/c1-14-7-8-15(2)21(11-14)25-23(27)17(4)30-22-12-16(3)19-13-18(9-10-20(19)24-22)31(28,29)26(5)6/h7-13,17H,1-6H3,(H,25,27). The van der Waals surface area contributed by atoms with Crippen LogP contribution < -0.4 is 5.32 Å². The number of hydrogen-bond donors (Lipinski definition) is 1. The fourth-order valence-corrected chi connectivity index (χ4v) is 4.97. The Balaban J connectivity index is 1.83. The van der Waals surface area contributed by atoms with Crippen LogP contribution in [0.2, 0.25) is 0 Å². The van der Waals surface area contributed by atoms with E-state index in [9.17, 15) is 13.2 Å². The molecule has 1 heterocycles. The maximum atomic E-state index is 12.7. The Bertz CT molecular complexity index is 1250. The monoisotopic (exact) mass is 457 g/mol. The molecule has 1 aromatic heterocycles. The summed E-state index contributed by atoms with van der Waals surface area (Å²) in [6, 6.07) is 12.8. The molecule has 2 aromatic carbocycles. The van der Waals surface area contributed by atoms with Crippen molar-refractivity contribution in [2.45, 2.75) is 42.9 Å². The Hall–Kier alpha value is -2.42. The largest absolute Gasteiger partial charge is 0.325 e. The quantitative estimate of drug-likeness (QED) is 0.550. The van der Waals surface area contributed by atoms with E-state index in [0.717, 1.165) is 32.8 Å². The number of nitrogens with one attached hydrogen (secondary N) is 1. The van der Waals surface area contributed by atoms with Crippen LogP contribution in [0.4, 0.5) is 5.69 Å². The van der Waals surface area contributed by atoms with E-state index in [4.69, 9.17) is 0 Å². The zero-order chi connectivity index (χ0) is 22.9. The Morgan fingerprint density at radius 3 is 2.42 bits per heavy atom. The average molecular weight is 458 g/mol. The lowest BCUT2D eigenvalue weighted by molar-refractivity contribution is -0.115. The fraction of sp³-hybridized carbons (Fsp3) is 0.304. The highest BCUT2D eigenvalue weighted by atomic mass is 32.2. The third-order valence-corrected chi connectivity index (χ3v) is 7.89. The summed E-state index contributed by atoms with van der Waals surface area (Å²) in [5.74, 6) is -0.0920. The third-order valence-electron chi connectivity index (χ3n) is 5.06. The van der Waals surface area contributed by atoms with Crippen molar-refractivity contribution in [1.82, 2.24) is 9.29 Å². The van der Waals surface area contributed by atoms with E-state index in [1.165, 1.54) is 30.2 Å². The predicted octanol–water partition coefficient (Wildman–Crippen LogP) is 4.53. The number of carbonyl (C=O) groups excluding carboxylic acids is 1. The average Bonchev–Trinajstić information content (AvgIpc) is 2.70. The van der Waals surface area contributed by atoms with Crippen LogP contribution in [0.5, 0.6) is 0 Å². The molecule has 164 valence electrons. The number of fused-ring (bicyclic) bond motifs is 1. The van der Waals surface area contributed by atoms with E-state index in [0.29, 0.717) is 5.52 Å². The predicted molar refractivity (Wildman–Crippen MR) is 127 cm³/mol. The molecule has 0 saturated heterocycles. The van der Waals surface area contributed by atoms with Gasteiger partial charge < -0.3 is 5.32 Å². The summed E-state index contributed by atoms with van der Waals surface area (Å²) in [4.78, 5) is 17.6. The number of sulfonamides is 1. The summed E-state index contributed by atoms with van der Waals surface area (Å²) in [5.41, 5.74) is 4.52. The second-order valence-corrected chi connectivity index (χ2v) is 11.3. The molecule has 0 bridgehead atoms. The van der Waals surface area contributed by atoms with Crippen molar-refractivity contribution in [2.75, 3.05) is 19.4 Å². The number of anilines is 1. The molecule has 1 amide bonds. The lowest BCUT2D eigenvalue weighted by Gasteiger charge is -2.15. The van der Waals surface area contributed by atoms with Gasteiger partial charge >= 0.3 is 0 Å². The van der Waals surface area contributed by atoms with Crippen LogP contribution in [0.15, 0.2) is 52.4 Å². The number of pyridine rings is 1. The van der Waals surface area contributed by atoms with Crippen LogP contribution in [-0.4, -0.2) is 43.0 Å². The van der Waals surface area contributed by atoms with Crippen molar-refractivity contribution in [2.24, 2.45) is 0 Å². The third kappa shape index (κ3) is 5.08. The molecule has 1 atom stereocenters. The summed E-state index contributed by atoms with van der Waals surface area (Å²) in [6.07, 6.45) is 0. The van der Waals surface area contributed by atoms with Gasteiger partial charge in [0.05, 0.1) is 20.7 Å². The van der Waals surface area contributed by atoms with Gasteiger partial charge in [-0.3, -0.25) is 4.79 Å². The van der Waals surface area contributed by atoms with Gasteiger partial charge in [0.25, 0.3) is 0 Å². The van der Waals surface area contributed by atoms with Crippen molar-refractivity contribution < 1.29 is 13.2 Å². The molecule has 0 aliphatic carbocycles. The van der Waals surface area contributed by atoms with E-state index in [1.807, 2.05) is 52.0 Å². The van der Waals surface area contributed by atoms with Gasteiger partial charge in [0, 0.05) is 25.2 Å². The number of rotatable bonds is 6. The Kier molecular flexibility index (Phi) is 6.73. The first kappa shape index (κ1) is 23.2. The van der Waals surface area contributed by atoms with E-state index in [2.05, 4.69) is 10.3 Å². The number of amides is 1. The van der Waals surface area contributed by atoms with Crippen molar-refractivity contribution in [3.05, 3.63) is 59.2 Å². The second kappa shape index (κ2) is 8.98. The first-order valence-electron chi connectivity index (χ1n) is 9.88. The summed E-state index contributed by atoms with van der Waals surface area (Å²) in [7, 11) is -0.497. The van der Waals surface area contributed by atoms with E-state index in [-0.39, 0.29) is 16.1 Å². The lowest BCUT2D eigenvalue weighted by Crippen LogP contribution is -2.23.